The van der Waals surface area contributed by atoms with Crippen LogP contribution in [-0.2, 0) is 0 Å². The van der Waals surface area contributed by atoms with E-state index in [9.17, 15) is 0 Å². The van der Waals surface area contributed by atoms with E-state index in [2.05, 4.69) is 23.8 Å². The van der Waals surface area contributed by atoms with Crippen LogP contribution in [0.25, 0.3) is 10.7 Å². The average Bonchev–Trinajstić information content (AvgIpc) is 2.86. The zero-order valence-corrected chi connectivity index (χ0v) is 10.3. The Labute approximate surface area is 97.0 Å². The fraction of sp³-hybridized carbons (Fsp3) is 0.400. The standard InChI is InChI=1S/C10H13N3S2/c1-6(2)8(11)10-13-7(5-15-10)9-12-3-4-14-9/h3-6,8H,11H2,1-2H3. The Morgan fingerprint density at radius 2 is 2.13 bits per heavy atom. The summed E-state index contributed by atoms with van der Waals surface area (Å²) in [6.07, 6.45) is 1.79. The maximum absolute atomic E-state index is 6.04. The summed E-state index contributed by atoms with van der Waals surface area (Å²) in [5, 5.41) is 5.94. The summed E-state index contributed by atoms with van der Waals surface area (Å²) in [6.45, 7) is 4.21. The maximum atomic E-state index is 6.04. The summed E-state index contributed by atoms with van der Waals surface area (Å²) in [7, 11) is 0. The molecule has 0 bridgehead atoms. The second-order valence-electron chi connectivity index (χ2n) is 3.68. The molecule has 0 saturated carbocycles. The Bertz CT molecular complexity index is 420. The van der Waals surface area contributed by atoms with Gasteiger partial charge in [-0.2, -0.15) is 0 Å². The first-order chi connectivity index (χ1) is 7.18. The van der Waals surface area contributed by atoms with Gasteiger partial charge in [-0.3, -0.25) is 0 Å². The molecule has 2 rings (SSSR count). The van der Waals surface area contributed by atoms with E-state index in [-0.39, 0.29) is 6.04 Å². The predicted molar refractivity (Wildman–Crippen MR) is 65.0 cm³/mol. The first-order valence-corrected chi connectivity index (χ1v) is 6.55. The molecule has 2 N–H and O–H groups in total. The van der Waals surface area contributed by atoms with Crippen LogP contribution in [0.15, 0.2) is 17.0 Å². The highest BCUT2D eigenvalue weighted by atomic mass is 32.1. The SMILES string of the molecule is CC(C)C(N)c1nc(-c2nccs2)cs1. The van der Waals surface area contributed by atoms with Gasteiger partial charge in [-0.25, -0.2) is 9.97 Å². The Kier molecular flexibility index (Phi) is 3.14. The van der Waals surface area contributed by atoms with Crippen LogP contribution in [0.1, 0.15) is 24.9 Å². The Morgan fingerprint density at radius 1 is 1.33 bits per heavy atom. The molecule has 15 heavy (non-hydrogen) atoms. The zero-order valence-electron chi connectivity index (χ0n) is 8.68. The van der Waals surface area contributed by atoms with Gasteiger partial charge in [0.2, 0.25) is 0 Å². The van der Waals surface area contributed by atoms with Gasteiger partial charge in [-0.1, -0.05) is 13.8 Å². The van der Waals surface area contributed by atoms with Gasteiger partial charge in [-0.05, 0) is 5.92 Å². The number of thiazole rings is 2. The lowest BCUT2D eigenvalue weighted by Crippen LogP contribution is -2.16. The summed E-state index contributed by atoms with van der Waals surface area (Å²) in [5.74, 6) is 0.417. The van der Waals surface area contributed by atoms with E-state index in [4.69, 9.17) is 5.73 Å². The molecule has 0 fully saturated rings. The molecular weight excluding hydrogens is 226 g/mol. The predicted octanol–water partition coefficient (Wildman–Crippen LogP) is 2.92. The second-order valence-corrected chi connectivity index (χ2v) is 5.46. The number of hydrogen-bond acceptors (Lipinski definition) is 5. The molecule has 0 spiro atoms. The van der Waals surface area contributed by atoms with Gasteiger partial charge in [0.1, 0.15) is 15.7 Å². The summed E-state index contributed by atoms with van der Waals surface area (Å²) in [5.41, 5.74) is 6.98. The minimum Gasteiger partial charge on any atom is -0.322 e. The topological polar surface area (TPSA) is 51.8 Å². The van der Waals surface area contributed by atoms with E-state index in [1.165, 1.54) is 0 Å². The molecule has 0 aromatic carbocycles. The van der Waals surface area contributed by atoms with Gasteiger partial charge in [0.05, 0.1) is 6.04 Å². The second kappa shape index (κ2) is 4.38. The molecule has 2 aromatic heterocycles. The van der Waals surface area contributed by atoms with Crippen molar-refractivity contribution in [1.82, 2.24) is 9.97 Å². The fourth-order valence-electron chi connectivity index (χ4n) is 1.17. The van der Waals surface area contributed by atoms with Gasteiger partial charge in [0, 0.05) is 17.0 Å². The van der Waals surface area contributed by atoms with Crippen molar-refractivity contribution < 1.29 is 0 Å². The number of aromatic nitrogens is 2. The summed E-state index contributed by atoms with van der Waals surface area (Å²) < 4.78 is 0. The molecule has 2 aromatic rings. The molecule has 1 atom stereocenters. The summed E-state index contributed by atoms with van der Waals surface area (Å²) in [6, 6.07) is 0.0312. The molecule has 5 heteroatoms. The third kappa shape index (κ3) is 2.25. The lowest BCUT2D eigenvalue weighted by Gasteiger charge is -2.11. The maximum Gasteiger partial charge on any atom is 0.142 e. The number of hydrogen-bond donors (Lipinski definition) is 1. The van der Waals surface area contributed by atoms with Crippen molar-refractivity contribution in [3.63, 3.8) is 0 Å². The molecule has 1 unspecified atom stereocenters. The fourth-order valence-corrected chi connectivity index (χ4v) is 2.82. The number of nitrogens with zero attached hydrogens (tertiary/aromatic N) is 2. The first kappa shape index (κ1) is 10.7. The van der Waals surface area contributed by atoms with Gasteiger partial charge in [-0.15, -0.1) is 22.7 Å². The quantitative estimate of drug-likeness (QED) is 0.896. The zero-order chi connectivity index (χ0) is 10.8. The number of rotatable bonds is 3. The van der Waals surface area contributed by atoms with Crippen molar-refractivity contribution in [3.8, 4) is 10.7 Å². The van der Waals surface area contributed by atoms with Crippen LogP contribution < -0.4 is 5.73 Å². The van der Waals surface area contributed by atoms with E-state index in [0.717, 1.165) is 15.7 Å². The van der Waals surface area contributed by atoms with E-state index >= 15 is 0 Å². The monoisotopic (exact) mass is 239 g/mol. The lowest BCUT2D eigenvalue weighted by atomic mass is 10.1. The molecule has 0 aliphatic heterocycles. The molecular formula is C10H13N3S2. The molecule has 0 aliphatic carbocycles. The van der Waals surface area contributed by atoms with Gasteiger partial charge in [0.25, 0.3) is 0 Å². The first-order valence-electron chi connectivity index (χ1n) is 4.79. The third-order valence-corrected chi connectivity index (χ3v) is 3.92. The molecule has 0 amide bonds. The van der Waals surface area contributed by atoms with Crippen LogP contribution in [0.4, 0.5) is 0 Å². The average molecular weight is 239 g/mol. The van der Waals surface area contributed by atoms with Crippen molar-refractivity contribution in [2.24, 2.45) is 11.7 Å². The minimum atomic E-state index is 0.0312. The van der Waals surface area contributed by atoms with Crippen LogP contribution in [0, 0.1) is 5.92 Å². The van der Waals surface area contributed by atoms with Gasteiger partial charge >= 0.3 is 0 Å². The lowest BCUT2D eigenvalue weighted by molar-refractivity contribution is 0.512. The van der Waals surface area contributed by atoms with Crippen LogP contribution in [0.3, 0.4) is 0 Å². The van der Waals surface area contributed by atoms with Crippen molar-refractivity contribution in [1.29, 1.82) is 0 Å². The Balaban J connectivity index is 2.25. The Hall–Kier alpha value is -0.780. The van der Waals surface area contributed by atoms with Crippen LogP contribution in [-0.4, -0.2) is 9.97 Å². The van der Waals surface area contributed by atoms with E-state index < -0.39 is 0 Å². The Morgan fingerprint density at radius 3 is 2.73 bits per heavy atom. The third-order valence-electron chi connectivity index (χ3n) is 2.18. The smallest absolute Gasteiger partial charge is 0.142 e. The highest BCUT2D eigenvalue weighted by molar-refractivity contribution is 7.14. The largest absolute Gasteiger partial charge is 0.322 e. The minimum absolute atomic E-state index is 0.0312. The van der Waals surface area contributed by atoms with Gasteiger partial charge in [0.15, 0.2) is 0 Å². The van der Waals surface area contributed by atoms with E-state index in [0.29, 0.717) is 5.92 Å². The molecule has 3 nitrogen and oxygen atoms in total. The van der Waals surface area contributed by atoms with Crippen molar-refractivity contribution >= 4 is 22.7 Å². The van der Waals surface area contributed by atoms with Crippen LogP contribution in [0.2, 0.25) is 0 Å². The van der Waals surface area contributed by atoms with Crippen molar-refractivity contribution in [2.45, 2.75) is 19.9 Å². The molecule has 2 heterocycles. The van der Waals surface area contributed by atoms with Crippen molar-refractivity contribution in [2.75, 3.05) is 0 Å². The summed E-state index contributed by atoms with van der Waals surface area (Å²) in [4.78, 5) is 8.74. The molecule has 0 saturated heterocycles. The highest BCUT2D eigenvalue weighted by Crippen LogP contribution is 2.28. The van der Waals surface area contributed by atoms with Gasteiger partial charge < -0.3 is 5.73 Å². The van der Waals surface area contributed by atoms with E-state index in [1.807, 2.05) is 10.8 Å². The van der Waals surface area contributed by atoms with Crippen LogP contribution in [0.5, 0.6) is 0 Å². The molecule has 0 aliphatic rings. The molecule has 0 radical (unpaired) electrons. The molecule has 80 valence electrons. The number of nitrogens with two attached hydrogens (primary N) is 1. The van der Waals surface area contributed by atoms with E-state index in [1.54, 1.807) is 28.9 Å². The normalized spacial score (nSPS) is 13.3. The van der Waals surface area contributed by atoms with Crippen molar-refractivity contribution in [3.05, 3.63) is 22.0 Å². The summed E-state index contributed by atoms with van der Waals surface area (Å²) >= 11 is 3.22. The van der Waals surface area contributed by atoms with Crippen LogP contribution >= 0.6 is 22.7 Å². The highest BCUT2D eigenvalue weighted by Gasteiger charge is 2.15.